The highest BCUT2D eigenvalue weighted by Crippen LogP contribution is 2.16. The molecule has 2 aromatic rings. The van der Waals surface area contributed by atoms with Gasteiger partial charge in [0.25, 0.3) is 0 Å². The molecule has 3 N–H and O–H groups in total. The van der Waals surface area contributed by atoms with Gasteiger partial charge in [-0.3, -0.25) is 4.79 Å². The molecule has 2 rings (SSSR count). The molecule has 24 heavy (non-hydrogen) atoms. The number of hydrogen-bond acceptors (Lipinski definition) is 2. The van der Waals surface area contributed by atoms with Crippen LogP contribution in [0.5, 0.6) is 0 Å². The van der Waals surface area contributed by atoms with Gasteiger partial charge in [0.2, 0.25) is 5.91 Å². The fourth-order valence-electron chi connectivity index (χ4n) is 2.09. The highest BCUT2D eigenvalue weighted by Gasteiger charge is 2.14. The zero-order valence-corrected chi connectivity index (χ0v) is 13.7. The molecule has 0 saturated carbocycles. The molecule has 2 aromatic carbocycles. The van der Waals surface area contributed by atoms with E-state index in [9.17, 15) is 13.6 Å². The van der Waals surface area contributed by atoms with Crippen molar-refractivity contribution in [3.05, 3.63) is 65.7 Å². The Kier molecular flexibility index (Phi) is 6.20. The zero-order valence-electron chi connectivity index (χ0n) is 12.8. The maximum absolute atomic E-state index is 13.8. The van der Waals surface area contributed by atoms with E-state index < -0.39 is 17.5 Å². The lowest BCUT2D eigenvalue weighted by molar-refractivity contribution is -0.118. The topological polar surface area (TPSA) is 58.4 Å². The van der Waals surface area contributed by atoms with Crippen molar-refractivity contribution < 1.29 is 13.6 Å². The van der Waals surface area contributed by atoms with Crippen LogP contribution in [0.25, 0.3) is 0 Å². The van der Waals surface area contributed by atoms with Gasteiger partial charge in [-0.05, 0) is 29.9 Å². The summed E-state index contributed by atoms with van der Waals surface area (Å²) >= 11 is 5.30. The smallest absolute Gasteiger partial charge is 0.219 e. The standard InChI is InChI=1S/C17H17F2N3OS/c18-13-6-7-15(14(19)10-13)21-17(24)22(9-8-16(20)23)11-12-4-2-1-3-5-12/h1-7,10H,8-9,11H2,(H2,20,23)(H,21,24). The van der Waals surface area contributed by atoms with Crippen molar-refractivity contribution in [2.24, 2.45) is 5.73 Å². The largest absolute Gasteiger partial charge is 0.370 e. The third kappa shape index (κ3) is 5.27. The summed E-state index contributed by atoms with van der Waals surface area (Å²) < 4.78 is 26.7. The van der Waals surface area contributed by atoms with Crippen molar-refractivity contribution in [1.29, 1.82) is 0 Å². The molecular formula is C17H17F2N3OS. The van der Waals surface area contributed by atoms with Crippen LogP contribution in [-0.2, 0) is 11.3 Å². The van der Waals surface area contributed by atoms with Crippen LogP contribution in [0, 0.1) is 11.6 Å². The maximum atomic E-state index is 13.8. The molecule has 0 saturated heterocycles. The van der Waals surface area contributed by atoms with Gasteiger partial charge in [-0.25, -0.2) is 8.78 Å². The van der Waals surface area contributed by atoms with Crippen molar-refractivity contribution in [1.82, 2.24) is 4.90 Å². The van der Waals surface area contributed by atoms with Gasteiger partial charge in [-0.15, -0.1) is 0 Å². The van der Waals surface area contributed by atoms with E-state index in [4.69, 9.17) is 18.0 Å². The fraction of sp³-hybridized carbons (Fsp3) is 0.176. The van der Waals surface area contributed by atoms with E-state index >= 15 is 0 Å². The van der Waals surface area contributed by atoms with Crippen molar-refractivity contribution >= 4 is 28.9 Å². The second kappa shape index (κ2) is 8.35. The third-order valence-electron chi connectivity index (χ3n) is 3.30. The zero-order chi connectivity index (χ0) is 17.5. The van der Waals surface area contributed by atoms with Gasteiger partial charge >= 0.3 is 0 Å². The average molecular weight is 349 g/mol. The van der Waals surface area contributed by atoms with Crippen molar-refractivity contribution in [3.63, 3.8) is 0 Å². The van der Waals surface area contributed by atoms with Crippen molar-refractivity contribution in [2.45, 2.75) is 13.0 Å². The van der Waals surface area contributed by atoms with Gasteiger partial charge < -0.3 is 16.0 Å². The van der Waals surface area contributed by atoms with Crippen LogP contribution in [0.15, 0.2) is 48.5 Å². The highest BCUT2D eigenvalue weighted by molar-refractivity contribution is 7.80. The molecule has 0 spiro atoms. The summed E-state index contributed by atoms with van der Waals surface area (Å²) in [6, 6.07) is 12.7. The van der Waals surface area contributed by atoms with Crippen molar-refractivity contribution in [3.8, 4) is 0 Å². The number of amides is 1. The Morgan fingerprint density at radius 2 is 1.88 bits per heavy atom. The van der Waals surface area contributed by atoms with E-state index in [2.05, 4.69) is 5.32 Å². The van der Waals surface area contributed by atoms with Gasteiger partial charge in [0.05, 0.1) is 5.69 Å². The number of nitrogens with zero attached hydrogens (tertiary/aromatic N) is 1. The Morgan fingerprint density at radius 1 is 1.17 bits per heavy atom. The van der Waals surface area contributed by atoms with E-state index in [1.807, 2.05) is 30.3 Å². The number of halogens is 2. The molecule has 126 valence electrons. The van der Waals surface area contributed by atoms with Crippen LogP contribution in [0.4, 0.5) is 14.5 Å². The highest BCUT2D eigenvalue weighted by atomic mass is 32.1. The summed E-state index contributed by atoms with van der Waals surface area (Å²) in [6.45, 7) is 0.724. The first-order valence-electron chi connectivity index (χ1n) is 7.29. The SMILES string of the molecule is NC(=O)CCN(Cc1ccccc1)C(=S)Nc1ccc(F)cc1F. The molecule has 0 aromatic heterocycles. The molecule has 0 aliphatic carbocycles. The first-order valence-corrected chi connectivity index (χ1v) is 7.70. The molecule has 0 heterocycles. The summed E-state index contributed by atoms with van der Waals surface area (Å²) in [5.74, 6) is -1.87. The van der Waals surface area contributed by atoms with E-state index in [-0.39, 0.29) is 17.2 Å². The number of carbonyl (C=O) groups is 1. The molecule has 7 heteroatoms. The van der Waals surface area contributed by atoms with Crippen LogP contribution in [0.2, 0.25) is 0 Å². The molecule has 0 fully saturated rings. The number of anilines is 1. The molecule has 0 atom stereocenters. The quantitative estimate of drug-likeness (QED) is 0.787. The lowest BCUT2D eigenvalue weighted by atomic mass is 10.2. The first kappa shape index (κ1) is 17.8. The van der Waals surface area contributed by atoms with Crippen LogP contribution in [-0.4, -0.2) is 22.5 Å². The summed E-state index contributed by atoms with van der Waals surface area (Å²) in [5, 5.41) is 2.97. The second-order valence-corrected chi connectivity index (χ2v) is 5.56. The minimum Gasteiger partial charge on any atom is -0.370 e. The Morgan fingerprint density at radius 3 is 2.50 bits per heavy atom. The molecule has 4 nitrogen and oxygen atoms in total. The number of carbonyl (C=O) groups excluding carboxylic acids is 1. The van der Waals surface area contributed by atoms with Gasteiger partial charge in [0.1, 0.15) is 11.6 Å². The molecule has 0 unspecified atom stereocenters. The number of benzene rings is 2. The molecular weight excluding hydrogens is 332 g/mol. The lowest BCUT2D eigenvalue weighted by Gasteiger charge is -2.25. The van der Waals surface area contributed by atoms with Crippen LogP contribution in [0.1, 0.15) is 12.0 Å². The molecule has 0 aliphatic heterocycles. The van der Waals surface area contributed by atoms with Crippen LogP contribution >= 0.6 is 12.2 Å². The van der Waals surface area contributed by atoms with Crippen molar-refractivity contribution in [2.75, 3.05) is 11.9 Å². The number of nitrogens with two attached hydrogens (primary N) is 1. The summed E-state index contributed by atoms with van der Waals surface area (Å²) in [7, 11) is 0. The monoisotopic (exact) mass is 349 g/mol. The molecule has 1 amide bonds. The van der Waals surface area contributed by atoms with Gasteiger partial charge in [-0.1, -0.05) is 30.3 Å². The number of hydrogen-bond donors (Lipinski definition) is 2. The Balaban J connectivity index is 2.12. The molecule has 0 aliphatic rings. The average Bonchev–Trinajstić information content (AvgIpc) is 2.54. The van der Waals surface area contributed by atoms with E-state index in [0.29, 0.717) is 13.1 Å². The minimum atomic E-state index is -0.744. The van der Waals surface area contributed by atoms with Crippen LogP contribution in [0.3, 0.4) is 0 Å². The lowest BCUT2D eigenvalue weighted by Crippen LogP contribution is -2.36. The number of nitrogens with one attached hydrogen (secondary N) is 1. The normalized spacial score (nSPS) is 10.2. The fourth-order valence-corrected chi connectivity index (χ4v) is 2.35. The Bertz CT molecular complexity index is 725. The second-order valence-electron chi connectivity index (χ2n) is 5.18. The van der Waals surface area contributed by atoms with Crippen LogP contribution < -0.4 is 11.1 Å². The summed E-state index contributed by atoms with van der Waals surface area (Å²) in [6.07, 6.45) is 0.112. The van der Waals surface area contributed by atoms with E-state index in [1.54, 1.807) is 4.90 Å². The number of thiocarbonyl (C=S) groups is 1. The van der Waals surface area contributed by atoms with E-state index in [1.165, 1.54) is 6.07 Å². The molecule has 0 radical (unpaired) electrons. The van der Waals surface area contributed by atoms with Gasteiger partial charge in [0, 0.05) is 25.6 Å². The van der Waals surface area contributed by atoms with E-state index in [0.717, 1.165) is 17.7 Å². The maximum Gasteiger partial charge on any atom is 0.219 e. The number of primary amides is 1. The minimum absolute atomic E-state index is 0.0681. The Hall–Kier alpha value is -2.54. The molecule has 0 bridgehead atoms. The van der Waals surface area contributed by atoms with Gasteiger partial charge in [0.15, 0.2) is 5.11 Å². The summed E-state index contributed by atoms with van der Waals surface area (Å²) in [4.78, 5) is 12.8. The Labute approximate surface area is 144 Å². The predicted octanol–water partition coefficient (Wildman–Crippen LogP) is 3.04. The first-order chi connectivity index (χ1) is 11.5. The number of rotatable bonds is 6. The predicted molar refractivity (Wildman–Crippen MR) is 93.2 cm³/mol. The summed E-state index contributed by atoms with van der Waals surface area (Å²) in [5.41, 5.74) is 6.24. The third-order valence-corrected chi connectivity index (χ3v) is 3.66. The van der Waals surface area contributed by atoms with Gasteiger partial charge in [-0.2, -0.15) is 0 Å².